The SMILES string of the molecule is N#Cc1ccc(NC(=O)Cn2nc(-c3ccc(Oc4ccccc4)cc3)c3c(N)ncnc32)cc1Cl. The number of aromatic nitrogens is 4. The summed E-state index contributed by atoms with van der Waals surface area (Å²) < 4.78 is 7.33. The third kappa shape index (κ3) is 4.66. The Morgan fingerprint density at radius 3 is 2.53 bits per heavy atom. The van der Waals surface area contributed by atoms with E-state index in [4.69, 9.17) is 27.3 Å². The van der Waals surface area contributed by atoms with Crippen molar-refractivity contribution in [1.29, 1.82) is 5.26 Å². The highest BCUT2D eigenvalue weighted by Crippen LogP contribution is 2.32. The lowest BCUT2D eigenvalue weighted by molar-refractivity contribution is -0.116. The number of amides is 1. The molecule has 0 bridgehead atoms. The molecule has 0 aliphatic rings. The van der Waals surface area contributed by atoms with Crippen molar-refractivity contribution in [2.24, 2.45) is 0 Å². The molecular formula is C26H18ClN7O2. The molecule has 176 valence electrons. The lowest BCUT2D eigenvalue weighted by Crippen LogP contribution is -2.19. The van der Waals surface area contributed by atoms with Gasteiger partial charge in [0.2, 0.25) is 5.91 Å². The second-order valence-electron chi connectivity index (χ2n) is 7.76. The van der Waals surface area contributed by atoms with Crippen LogP contribution in [0.4, 0.5) is 11.5 Å². The summed E-state index contributed by atoms with van der Waals surface area (Å²) in [5.74, 6) is 1.30. The van der Waals surface area contributed by atoms with E-state index in [1.165, 1.54) is 17.1 Å². The number of carbonyl (C=O) groups excluding carboxylic acids is 1. The smallest absolute Gasteiger partial charge is 0.246 e. The molecule has 0 aliphatic heterocycles. The Morgan fingerprint density at radius 2 is 1.81 bits per heavy atom. The Kier molecular flexibility index (Phi) is 6.18. The molecule has 10 heteroatoms. The molecule has 36 heavy (non-hydrogen) atoms. The Morgan fingerprint density at radius 1 is 1.06 bits per heavy atom. The van der Waals surface area contributed by atoms with Crippen LogP contribution in [0.2, 0.25) is 5.02 Å². The zero-order valence-electron chi connectivity index (χ0n) is 18.7. The molecule has 0 unspecified atom stereocenters. The number of nitrogens with one attached hydrogen (secondary N) is 1. The van der Waals surface area contributed by atoms with Crippen molar-refractivity contribution < 1.29 is 9.53 Å². The molecule has 5 aromatic rings. The van der Waals surface area contributed by atoms with Gasteiger partial charge in [0.25, 0.3) is 0 Å². The van der Waals surface area contributed by atoms with Crippen LogP contribution in [0.1, 0.15) is 5.56 Å². The second-order valence-corrected chi connectivity index (χ2v) is 8.17. The molecule has 0 aliphatic carbocycles. The minimum Gasteiger partial charge on any atom is -0.457 e. The molecule has 0 saturated heterocycles. The molecular weight excluding hydrogens is 478 g/mol. The molecule has 0 fully saturated rings. The van der Waals surface area contributed by atoms with Crippen LogP contribution in [-0.2, 0) is 11.3 Å². The van der Waals surface area contributed by atoms with Crippen molar-refractivity contribution in [3.05, 3.63) is 89.7 Å². The number of halogens is 1. The van der Waals surface area contributed by atoms with Gasteiger partial charge in [-0.15, -0.1) is 0 Å². The van der Waals surface area contributed by atoms with Crippen molar-refractivity contribution in [2.75, 3.05) is 11.1 Å². The highest BCUT2D eigenvalue weighted by molar-refractivity contribution is 6.32. The van der Waals surface area contributed by atoms with Gasteiger partial charge in [-0.1, -0.05) is 29.8 Å². The van der Waals surface area contributed by atoms with Crippen LogP contribution < -0.4 is 15.8 Å². The zero-order chi connectivity index (χ0) is 25.1. The van der Waals surface area contributed by atoms with Crippen LogP contribution in [0.5, 0.6) is 11.5 Å². The van der Waals surface area contributed by atoms with Crippen molar-refractivity contribution in [1.82, 2.24) is 19.7 Å². The first kappa shape index (κ1) is 22.8. The highest BCUT2D eigenvalue weighted by Gasteiger charge is 2.19. The molecule has 0 spiro atoms. The van der Waals surface area contributed by atoms with Crippen LogP contribution in [0.3, 0.4) is 0 Å². The van der Waals surface area contributed by atoms with Gasteiger partial charge in [0.15, 0.2) is 5.65 Å². The molecule has 3 N–H and O–H groups in total. The van der Waals surface area contributed by atoms with E-state index in [1.54, 1.807) is 12.1 Å². The minimum atomic E-state index is -0.351. The first-order chi connectivity index (χ1) is 17.5. The van der Waals surface area contributed by atoms with Gasteiger partial charge in [-0.3, -0.25) is 4.79 Å². The monoisotopic (exact) mass is 495 g/mol. The van der Waals surface area contributed by atoms with E-state index in [0.29, 0.717) is 33.7 Å². The molecule has 9 nitrogen and oxygen atoms in total. The van der Waals surface area contributed by atoms with Crippen LogP contribution in [0.15, 0.2) is 79.1 Å². The van der Waals surface area contributed by atoms with Gasteiger partial charge in [-0.25, -0.2) is 14.6 Å². The van der Waals surface area contributed by atoms with Gasteiger partial charge in [-0.05, 0) is 54.6 Å². The average Bonchev–Trinajstić information content (AvgIpc) is 3.24. The number of nitrogen functional groups attached to an aromatic ring is 1. The topological polar surface area (TPSA) is 132 Å². The van der Waals surface area contributed by atoms with E-state index in [2.05, 4.69) is 20.4 Å². The van der Waals surface area contributed by atoms with Crippen LogP contribution in [0.25, 0.3) is 22.3 Å². The maximum atomic E-state index is 12.8. The van der Waals surface area contributed by atoms with Gasteiger partial charge in [0.05, 0.1) is 16.0 Å². The van der Waals surface area contributed by atoms with Crippen LogP contribution in [0, 0.1) is 11.3 Å². The van der Waals surface area contributed by atoms with Gasteiger partial charge in [0, 0.05) is 11.3 Å². The lowest BCUT2D eigenvalue weighted by atomic mass is 10.1. The third-order valence-corrected chi connectivity index (χ3v) is 5.64. The predicted octanol–water partition coefficient (Wildman–Crippen LogP) is 5.03. The second kappa shape index (κ2) is 9.74. The Hall–Kier alpha value is -4.94. The van der Waals surface area contributed by atoms with Gasteiger partial charge < -0.3 is 15.8 Å². The number of nitrogens with two attached hydrogens (primary N) is 1. The summed E-state index contributed by atoms with van der Waals surface area (Å²) in [4.78, 5) is 21.2. The van der Waals surface area contributed by atoms with Gasteiger partial charge >= 0.3 is 0 Å². The Labute approximate surface area is 210 Å². The first-order valence-electron chi connectivity index (χ1n) is 10.8. The molecule has 0 saturated carbocycles. The summed E-state index contributed by atoms with van der Waals surface area (Å²) in [7, 11) is 0. The molecule has 2 aromatic heterocycles. The standard InChI is InChI=1S/C26H18ClN7O2/c27-21-12-18(9-6-17(21)13-28)32-22(35)14-34-26-23(25(29)30-15-31-26)24(33-34)16-7-10-20(11-8-16)36-19-4-2-1-3-5-19/h1-12,15H,14H2,(H,32,35)(H2,29,30,31). The van der Waals surface area contributed by atoms with Crippen molar-refractivity contribution in [2.45, 2.75) is 6.54 Å². The number of ether oxygens (including phenoxy) is 1. The molecule has 0 radical (unpaired) electrons. The number of hydrogen-bond donors (Lipinski definition) is 2. The average molecular weight is 496 g/mol. The van der Waals surface area contributed by atoms with Crippen molar-refractivity contribution in [3.63, 3.8) is 0 Å². The summed E-state index contributed by atoms with van der Waals surface area (Å²) in [6, 6.07) is 23.5. The zero-order valence-corrected chi connectivity index (χ0v) is 19.5. The minimum absolute atomic E-state index is 0.125. The summed E-state index contributed by atoms with van der Waals surface area (Å²) in [6.07, 6.45) is 1.33. The summed E-state index contributed by atoms with van der Waals surface area (Å²) in [5.41, 5.74) is 8.69. The normalized spacial score (nSPS) is 10.7. The van der Waals surface area contributed by atoms with E-state index >= 15 is 0 Å². The van der Waals surface area contributed by atoms with Gasteiger partial charge in [0.1, 0.15) is 42.0 Å². The van der Waals surface area contributed by atoms with Gasteiger partial charge in [-0.2, -0.15) is 10.4 Å². The molecule has 0 atom stereocenters. The molecule has 1 amide bonds. The fraction of sp³-hybridized carbons (Fsp3) is 0.0385. The quantitative estimate of drug-likeness (QED) is 0.337. The van der Waals surface area contributed by atoms with E-state index in [1.807, 2.05) is 60.7 Å². The summed E-state index contributed by atoms with van der Waals surface area (Å²) in [6.45, 7) is -0.125. The van der Waals surface area contributed by atoms with E-state index in [9.17, 15) is 4.79 Å². The number of carbonyl (C=O) groups is 1. The predicted molar refractivity (Wildman–Crippen MR) is 136 cm³/mol. The number of benzene rings is 3. The van der Waals surface area contributed by atoms with Crippen molar-refractivity contribution in [3.8, 4) is 28.8 Å². The number of para-hydroxylation sites is 1. The van der Waals surface area contributed by atoms with Crippen LogP contribution >= 0.6 is 11.6 Å². The number of nitriles is 1. The van der Waals surface area contributed by atoms with Crippen molar-refractivity contribution >= 4 is 40.0 Å². The highest BCUT2D eigenvalue weighted by atomic mass is 35.5. The molecule has 5 rings (SSSR count). The fourth-order valence-electron chi connectivity index (χ4n) is 3.67. The Bertz CT molecular complexity index is 1610. The number of nitrogens with zero attached hydrogens (tertiary/aromatic N) is 5. The van der Waals surface area contributed by atoms with E-state index < -0.39 is 0 Å². The maximum Gasteiger partial charge on any atom is 0.246 e. The number of hydrogen-bond acceptors (Lipinski definition) is 7. The van der Waals surface area contributed by atoms with Crippen LogP contribution in [-0.4, -0.2) is 25.7 Å². The van der Waals surface area contributed by atoms with E-state index in [0.717, 1.165) is 11.3 Å². The number of rotatable bonds is 6. The number of anilines is 2. The van der Waals surface area contributed by atoms with E-state index in [-0.39, 0.29) is 23.3 Å². The Balaban J connectivity index is 1.42. The fourth-order valence-corrected chi connectivity index (χ4v) is 3.89. The maximum absolute atomic E-state index is 12.8. The lowest BCUT2D eigenvalue weighted by Gasteiger charge is -2.07. The molecule has 3 aromatic carbocycles. The summed E-state index contributed by atoms with van der Waals surface area (Å²) >= 11 is 6.07. The molecule has 2 heterocycles. The summed E-state index contributed by atoms with van der Waals surface area (Å²) in [5, 5.41) is 17.2. The largest absolute Gasteiger partial charge is 0.457 e. The third-order valence-electron chi connectivity index (χ3n) is 5.33. The number of fused-ring (bicyclic) bond motifs is 1. The first-order valence-corrected chi connectivity index (χ1v) is 11.2.